The van der Waals surface area contributed by atoms with Crippen LogP contribution >= 0.6 is 0 Å². The summed E-state index contributed by atoms with van der Waals surface area (Å²) in [6, 6.07) is 8.30. The van der Waals surface area contributed by atoms with Crippen molar-refractivity contribution in [2.75, 3.05) is 31.1 Å². The Morgan fingerprint density at radius 2 is 2.11 bits per heavy atom. The molecule has 1 amide bonds. The molecule has 0 aliphatic carbocycles. The highest BCUT2D eigenvalue weighted by Gasteiger charge is 2.11. The van der Waals surface area contributed by atoms with E-state index in [-0.39, 0.29) is 11.8 Å². The van der Waals surface area contributed by atoms with Gasteiger partial charge in [0.25, 0.3) is 0 Å². The van der Waals surface area contributed by atoms with Crippen molar-refractivity contribution in [3.8, 4) is 0 Å². The van der Waals surface area contributed by atoms with E-state index in [1.54, 1.807) is 0 Å². The summed E-state index contributed by atoms with van der Waals surface area (Å²) in [5.41, 5.74) is 7.95. The molecule has 0 spiro atoms. The molecule has 1 atom stereocenters. The molecule has 0 aliphatic heterocycles. The molecule has 0 aliphatic rings. The maximum Gasteiger partial charge on any atom is 0.224 e. The molecule has 19 heavy (non-hydrogen) atoms. The predicted octanol–water partition coefficient (Wildman–Crippen LogP) is 1.53. The largest absolute Gasteiger partial charge is 0.370 e. The lowest BCUT2D eigenvalue weighted by Crippen LogP contribution is -2.39. The zero-order valence-electron chi connectivity index (χ0n) is 12.1. The van der Waals surface area contributed by atoms with Crippen LogP contribution in [-0.2, 0) is 4.79 Å². The van der Waals surface area contributed by atoms with E-state index in [1.807, 2.05) is 19.1 Å². The number of likely N-dealkylation sites (N-methyl/N-ethyl adjacent to an activating group) is 1. The molecule has 0 heterocycles. The maximum absolute atomic E-state index is 11.6. The molecule has 1 unspecified atom stereocenters. The van der Waals surface area contributed by atoms with E-state index >= 15 is 0 Å². The molecule has 1 rings (SSSR count). The molecule has 0 bridgehead atoms. The summed E-state index contributed by atoms with van der Waals surface area (Å²) in [5, 5.41) is 2.93. The normalized spacial score (nSPS) is 12.0. The van der Waals surface area contributed by atoms with Crippen LogP contribution in [0.1, 0.15) is 19.4 Å². The Kier molecular flexibility index (Phi) is 6.36. The lowest BCUT2D eigenvalue weighted by Gasteiger charge is -2.25. The molecule has 0 radical (unpaired) electrons. The van der Waals surface area contributed by atoms with E-state index in [2.05, 4.69) is 36.2 Å². The number of rotatable bonds is 7. The first kappa shape index (κ1) is 15.5. The number of nitrogens with one attached hydrogen (secondary N) is 1. The lowest BCUT2D eigenvalue weighted by molar-refractivity contribution is -0.124. The number of amides is 1. The van der Waals surface area contributed by atoms with Gasteiger partial charge in [0, 0.05) is 37.8 Å². The van der Waals surface area contributed by atoms with Gasteiger partial charge in [0.15, 0.2) is 0 Å². The second-order valence-corrected chi connectivity index (χ2v) is 4.79. The Morgan fingerprint density at radius 3 is 2.68 bits per heavy atom. The molecule has 0 saturated heterocycles. The minimum absolute atomic E-state index is 0.0309. The molecule has 4 heteroatoms. The highest BCUT2D eigenvalue weighted by atomic mass is 16.1. The summed E-state index contributed by atoms with van der Waals surface area (Å²) in [6.45, 7) is 8.84. The van der Waals surface area contributed by atoms with Crippen LogP contribution in [0.2, 0.25) is 0 Å². The predicted molar refractivity (Wildman–Crippen MR) is 80.3 cm³/mol. The van der Waals surface area contributed by atoms with Crippen molar-refractivity contribution in [2.45, 2.75) is 20.8 Å². The summed E-state index contributed by atoms with van der Waals surface area (Å²) in [4.78, 5) is 13.9. The monoisotopic (exact) mass is 263 g/mol. The first-order chi connectivity index (χ1) is 9.10. The number of nitrogens with zero attached hydrogens (tertiary/aromatic N) is 1. The summed E-state index contributed by atoms with van der Waals surface area (Å²) in [5.74, 6) is -0.0862. The van der Waals surface area contributed by atoms with Crippen LogP contribution in [-0.4, -0.2) is 32.1 Å². The topological polar surface area (TPSA) is 58.4 Å². The molecule has 1 aromatic rings. The molecule has 106 valence electrons. The van der Waals surface area contributed by atoms with Gasteiger partial charge in [-0.3, -0.25) is 4.79 Å². The minimum atomic E-state index is -0.117. The van der Waals surface area contributed by atoms with Gasteiger partial charge in [0.1, 0.15) is 0 Å². The van der Waals surface area contributed by atoms with Crippen molar-refractivity contribution in [1.29, 1.82) is 0 Å². The second-order valence-electron chi connectivity index (χ2n) is 4.79. The number of hydrogen-bond acceptors (Lipinski definition) is 3. The number of carbonyl (C=O) groups is 1. The summed E-state index contributed by atoms with van der Waals surface area (Å²) < 4.78 is 0. The third-order valence-electron chi connectivity index (χ3n) is 3.32. The molecule has 3 N–H and O–H groups in total. The fraction of sp³-hybridized carbons (Fsp3) is 0.533. The van der Waals surface area contributed by atoms with Crippen LogP contribution in [0.5, 0.6) is 0 Å². The van der Waals surface area contributed by atoms with E-state index in [1.165, 1.54) is 11.3 Å². The molecule has 1 aromatic carbocycles. The summed E-state index contributed by atoms with van der Waals surface area (Å²) >= 11 is 0. The third kappa shape index (κ3) is 4.56. The second kappa shape index (κ2) is 7.79. The Bertz CT molecular complexity index is 406. The molecule has 0 aromatic heterocycles. The zero-order chi connectivity index (χ0) is 14.3. The highest BCUT2D eigenvalue weighted by Crippen LogP contribution is 2.18. The number of hydrogen-bond donors (Lipinski definition) is 2. The van der Waals surface area contributed by atoms with Gasteiger partial charge in [-0.25, -0.2) is 0 Å². The Hall–Kier alpha value is -1.55. The van der Waals surface area contributed by atoms with Crippen LogP contribution in [0, 0.1) is 12.8 Å². The van der Waals surface area contributed by atoms with Gasteiger partial charge in [-0.2, -0.15) is 0 Å². The van der Waals surface area contributed by atoms with Crippen molar-refractivity contribution in [3.05, 3.63) is 29.8 Å². The first-order valence-corrected chi connectivity index (χ1v) is 6.88. The quantitative estimate of drug-likeness (QED) is 0.784. The van der Waals surface area contributed by atoms with Gasteiger partial charge in [-0.1, -0.05) is 25.1 Å². The molecular formula is C15H25N3O. The molecule has 0 fully saturated rings. The lowest BCUT2D eigenvalue weighted by atomic mass is 10.1. The maximum atomic E-state index is 11.6. The number of carbonyl (C=O) groups excluding carboxylic acids is 1. The summed E-state index contributed by atoms with van der Waals surface area (Å²) in [6.07, 6.45) is 0. The van der Waals surface area contributed by atoms with Crippen LogP contribution in [0.25, 0.3) is 0 Å². The Balaban J connectivity index is 2.51. The van der Waals surface area contributed by atoms with E-state index in [9.17, 15) is 4.79 Å². The van der Waals surface area contributed by atoms with E-state index in [0.29, 0.717) is 13.1 Å². The van der Waals surface area contributed by atoms with Gasteiger partial charge in [-0.05, 0) is 25.5 Å². The van der Waals surface area contributed by atoms with Gasteiger partial charge in [0.05, 0.1) is 0 Å². The number of para-hydroxylation sites is 1. The minimum Gasteiger partial charge on any atom is -0.370 e. The fourth-order valence-corrected chi connectivity index (χ4v) is 1.96. The Morgan fingerprint density at radius 1 is 1.42 bits per heavy atom. The average Bonchev–Trinajstić information content (AvgIpc) is 2.43. The SMILES string of the molecule is CCN(CCNC(=O)C(C)CN)c1ccccc1C. The number of anilines is 1. The van der Waals surface area contributed by atoms with Crippen LogP contribution in [0.15, 0.2) is 24.3 Å². The van der Waals surface area contributed by atoms with Crippen LogP contribution in [0.3, 0.4) is 0 Å². The molecule has 0 saturated carbocycles. The van der Waals surface area contributed by atoms with E-state index in [0.717, 1.165) is 13.1 Å². The number of nitrogens with two attached hydrogens (primary N) is 1. The van der Waals surface area contributed by atoms with Crippen LogP contribution in [0.4, 0.5) is 5.69 Å². The Labute approximate surface area is 116 Å². The molecule has 4 nitrogen and oxygen atoms in total. The highest BCUT2D eigenvalue weighted by molar-refractivity contribution is 5.78. The van der Waals surface area contributed by atoms with E-state index in [4.69, 9.17) is 5.73 Å². The number of benzene rings is 1. The first-order valence-electron chi connectivity index (χ1n) is 6.88. The smallest absolute Gasteiger partial charge is 0.224 e. The van der Waals surface area contributed by atoms with Crippen LogP contribution < -0.4 is 16.0 Å². The molecular weight excluding hydrogens is 238 g/mol. The van der Waals surface area contributed by atoms with Crippen molar-refractivity contribution >= 4 is 11.6 Å². The summed E-state index contributed by atoms with van der Waals surface area (Å²) in [7, 11) is 0. The van der Waals surface area contributed by atoms with Gasteiger partial charge < -0.3 is 16.0 Å². The van der Waals surface area contributed by atoms with Gasteiger partial charge >= 0.3 is 0 Å². The fourth-order valence-electron chi connectivity index (χ4n) is 1.96. The van der Waals surface area contributed by atoms with E-state index < -0.39 is 0 Å². The average molecular weight is 263 g/mol. The van der Waals surface area contributed by atoms with Gasteiger partial charge in [0.2, 0.25) is 5.91 Å². The van der Waals surface area contributed by atoms with Crippen molar-refractivity contribution in [1.82, 2.24) is 5.32 Å². The number of aryl methyl sites for hydroxylation is 1. The van der Waals surface area contributed by atoms with Gasteiger partial charge in [-0.15, -0.1) is 0 Å². The standard InChI is InChI=1S/C15H25N3O/c1-4-18(14-8-6-5-7-12(14)2)10-9-17-15(19)13(3)11-16/h5-8,13H,4,9-11,16H2,1-3H3,(H,17,19). The third-order valence-corrected chi connectivity index (χ3v) is 3.32. The van der Waals surface area contributed by atoms with Crippen molar-refractivity contribution in [3.63, 3.8) is 0 Å². The zero-order valence-corrected chi connectivity index (χ0v) is 12.1. The van der Waals surface area contributed by atoms with Crippen molar-refractivity contribution in [2.24, 2.45) is 11.7 Å². The van der Waals surface area contributed by atoms with Crippen molar-refractivity contribution < 1.29 is 4.79 Å².